The van der Waals surface area contributed by atoms with Crippen LogP contribution in [0.15, 0.2) is 24.3 Å². The summed E-state index contributed by atoms with van der Waals surface area (Å²) in [6.07, 6.45) is 5.21. The summed E-state index contributed by atoms with van der Waals surface area (Å²) in [5.41, 5.74) is 4.27. The minimum atomic E-state index is -0.402. The highest BCUT2D eigenvalue weighted by Crippen LogP contribution is 2.39. The van der Waals surface area contributed by atoms with Gasteiger partial charge in [0.1, 0.15) is 0 Å². The summed E-state index contributed by atoms with van der Waals surface area (Å²) in [4.78, 5) is 12.1. The molecule has 17 heavy (non-hydrogen) atoms. The van der Waals surface area contributed by atoms with Crippen LogP contribution < -0.4 is 11.3 Å². The number of benzene rings is 1. The largest absolute Gasteiger partial charge is 0.293 e. The second-order valence-electron chi connectivity index (χ2n) is 4.98. The monoisotopic (exact) mass is 232 g/mol. The highest BCUT2D eigenvalue weighted by molar-refractivity contribution is 5.87. The van der Waals surface area contributed by atoms with Gasteiger partial charge in [-0.25, -0.2) is 5.84 Å². The molecule has 0 radical (unpaired) electrons. The van der Waals surface area contributed by atoms with Crippen LogP contribution in [0.5, 0.6) is 0 Å². The molecule has 0 aliphatic heterocycles. The van der Waals surface area contributed by atoms with Crippen molar-refractivity contribution >= 4 is 5.91 Å². The van der Waals surface area contributed by atoms with E-state index in [0.717, 1.165) is 31.2 Å². The maximum atomic E-state index is 12.1. The summed E-state index contributed by atoms with van der Waals surface area (Å²) in [5.74, 6) is 5.32. The lowest BCUT2D eigenvalue weighted by molar-refractivity contribution is -0.128. The van der Waals surface area contributed by atoms with E-state index in [9.17, 15) is 4.79 Å². The maximum absolute atomic E-state index is 12.1. The van der Waals surface area contributed by atoms with Gasteiger partial charge in [-0.3, -0.25) is 10.2 Å². The topological polar surface area (TPSA) is 55.1 Å². The van der Waals surface area contributed by atoms with Crippen LogP contribution in [0.2, 0.25) is 0 Å². The van der Waals surface area contributed by atoms with Crippen molar-refractivity contribution in [3.63, 3.8) is 0 Å². The quantitative estimate of drug-likeness (QED) is 0.466. The van der Waals surface area contributed by atoms with Gasteiger partial charge in [-0.2, -0.15) is 0 Å². The number of carbonyl (C=O) groups excluding carboxylic acids is 1. The Labute approximate surface area is 102 Å². The van der Waals surface area contributed by atoms with Crippen LogP contribution in [0, 0.1) is 6.92 Å². The molecule has 2 rings (SSSR count). The molecular weight excluding hydrogens is 212 g/mol. The smallest absolute Gasteiger partial charge is 0.244 e. The molecule has 0 atom stereocenters. The number of aryl methyl sites for hydroxylation is 1. The first kappa shape index (κ1) is 12.1. The molecule has 0 bridgehead atoms. The van der Waals surface area contributed by atoms with Crippen LogP contribution in [0.3, 0.4) is 0 Å². The van der Waals surface area contributed by atoms with Gasteiger partial charge in [0.25, 0.3) is 0 Å². The molecule has 0 aromatic heterocycles. The van der Waals surface area contributed by atoms with Gasteiger partial charge in [-0.15, -0.1) is 0 Å². The van der Waals surface area contributed by atoms with Gasteiger partial charge >= 0.3 is 0 Å². The zero-order valence-corrected chi connectivity index (χ0v) is 10.3. The third-order valence-electron chi connectivity index (χ3n) is 3.88. The van der Waals surface area contributed by atoms with Crippen LogP contribution in [-0.4, -0.2) is 5.91 Å². The molecule has 1 fully saturated rings. The first-order valence-corrected chi connectivity index (χ1v) is 6.27. The second-order valence-corrected chi connectivity index (χ2v) is 4.98. The molecule has 3 N–H and O–H groups in total. The molecule has 1 amide bonds. The number of amides is 1. The fourth-order valence-corrected chi connectivity index (χ4v) is 2.81. The molecule has 0 unspecified atom stereocenters. The molecule has 0 heterocycles. The number of nitrogens with two attached hydrogens (primary N) is 1. The standard InChI is InChI=1S/C14H20N2O/c1-11-5-7-12(8-6-11)14(13(17)16-15)9-3-2-4-10-14/h5-8H,2-4,9-10,15H2,1H3,(H,16,17). The van der Waals surface area contributed by atoms with E-state index in [4.69, 9.17) is 5.84 Å². The highest BCUT2D eigenvalue weighted by Gasteiger charge is 2.40. The van der Waals surface area contributed by atoms with Crippen LogP contribution in [0.1, 0.15) is 43.2 Å². The summed E-state index contributed by atoms with van der Waals surface area (Å²) in [6.45, 7) is 2.06. The van der Waals surface area contributed by atoms with E-state index in [0.29, 0.717) is 0 Å². The van der Waals surface area contributed by atoms with Crippen molar-refractivity contribution in [3.05, 3.63) is 35.4 Å². The third kappa shape index (κ3) is 2.20. The van der Waals surface area contributed by atoms with Gasteiger partial charge < -0.3 is 0 Å². The van der Waals surface area contributed by atoms with E-state index in [1.165, 1.54) is 12.0 Å². The average molecular weight is 232 g/mol. The van der Waals surface area contributed by atoms with Gasteiger partial charge in [-0.1, -0.05) is 49.1 Å². The molecule has 1 aromatic rings. The molecule has 1 saturated carbocycles. The fourth-order valence-electron chi connectivity index (χ4n) is 2.81. The number of carbonyl (C=O) groups is 1. The van der Waals surface area contributed by atoms with Crippen molar-refractivity contribution in [2.24, 2.45) is 5.84 Å². The van der Waals surface area contributed by atoms with Gasteiger partial charge in [0.15, 0.2) is 0 Å². The lowest BCUT2D eigenvalue weighted by Crippen LogP contribution is -2.48. The molecular formula is C14H20N2O. The van der Waals surface area contributed by atoms with Crippen LogP contribution in [0.25, 0.3) is 0 Å². The Bertz CT molecular complexity index is 391. The summed E-state index contributed by atoms with van der Waals surface area (Å²) >= 11 is 0. The van der Waals surface area contributed by atoms with E-state index in [1.54, 1.807) is 0 Å². The summed E-state index contributed by atoms with van der Waals surface area (Å²) in [5, 5.41) is 0. The lowest BCUT2D eigenvalue weighted by Gasteiger charge is -2.35. The molecule has 1 aromatic carbocycles. The van der Waals surface area contributed by atoms with Gasteiger partial charge in [0.2, 0.25) is 5.91 Å². The lowest BCUT2D eigenvalue weighted by atomic mass is 9.69. The Balaban J connectivity index is 2.38. The number of nitrogens with one attached hydrogen (secondary N) is 1. The Morgan fingerprint density at radius 3 is 2.29 bits per heavy atom. The number of hydrogen-bond acceptors (Lipinski definition) is 2. The molecule has 3 heteroatoms. The van der Waals surface area contributed by atoms with Crippen molar-refractivity contribution in [1.82, 2.24) is 5.43 Å². The summed E-state index contributed by atoms with van der Waals surface area (Å²) in [6, 6.07) is 8.26. The first-order valence-electron chi connectivity index (χ1n) is 6.27. The van der Waals surface area contributed by atoms with E-state index in [1.807, 2.05) is 0 Å². The maximum Gasteiger partial charge on any atom is 0.244 e. The number of rotatable bonds is 2. The first-order chi connectivity index (χ1) is 8.19. The highest BCUT2D eigenvalue weighted by atomic mass is 16.2. The van der Waals surface area contributed by atoms with Gasteiger partial charge in [0.05, 0.1) is 5.41 Å². The zero-order valence-electron chi connectivity index (χ0n) is 10.3. The Hall–Kier alpha value is -1.35. The van der Waals surface area contributed by atoms with Crippen molar-refractivity contribution in [2.45, 2.75) is 44.4 Å². The Morgan fingerprint density at radius 1 is 1.18 bits per heavy atom. The Morgan fingerprint density at radius 2 is 1.76 bits per heavy atom. The SMILES string of the molecule is Cc1ccc(C2(C(=O)NN)CCCCC2)cc1. The zero-order chi connectivity index (χ0) is 12.3. The molecule has 1 aliphatic rings. The molecule has 1 aliphatic carbocycles. The van der Waals surface area contributed by atoms with E-state index < -0.39 is 5.41 Å². The van der Waals surface area contributed by atoms with Crippen LogP contribution in [0.4, 0.5) is 0 Å². The van der Waals surface area contributed by atoms with Crippen LogP contribution >= 0.6 is 0 Å². The fraction of sp³-hybridized carbons (Fsp3) is 0.500. The normalized spacial score (nSPS) is 18.7. The van der Waals surface area contributed by atoms with Crippen molar-refractivity contribution < 1.29 is 4.79 Å². The number of hydrazine groups is 1. The average Bonchev–Trinajstić information content (AvgIpc) is 2.39. The Kier molecular flexibility index (Phi) is 3.48. The molecule has 3 nitrogen and oxygen atoms in total. The minimum absolute atomic E-state index is 0.0407. The predicted molar refractivity (Wildman–Crippen MR) is 68.3 cm³/mol. The number of hydrogen-bond donors (Lipinski definition) is 2. The van der Waals surface area contributed by atoms with Crippen molar-refractivity contribution in [3.8, 4) is 0 Å². The van der Waals surface area contributed by atoms with Gasteiger partial charge in [-0.05, 0) is 25.3 Å². The predicted octanol–water partition coefficient (Wildman–Crippen LogP) is 2.19. The van der Waals surface area contributed by atoms with E-state index in [-0.39, 0.29) is 5.91 Å². The van der Waals surface area contributed by atoms with E-state index >= 15 is 0 Å². The second kappa shape index (κ2) is 4.88. The van der Waals surface area contributed by atoms with Crippen LogP contribution in [-0.2, 0) is 10.2 Å². The summed E-state index contributed by atoms with van der Waals surface area (Å²) < 4.78 is 0. The molecule has 0 saturated heterocycles. The van der Waals surface area contributed by atoms with Crippen molar-refractivity contribution in [2.75, 3.05) is 0 Å². The molecule has 92 valence electrons. The minimum Gasteiger partial charge on any atom is -0.293 e. The van der Waals surface area contributed by atoms with Crippen molar-refractivity contribution in [1.29, 1.82) is 0 Å². The van der Waals surface area contributed by atoms with Gasteiger partial charge in [0, 0.05) is 0 Å². The molecule has 0 spiro atoms. The summed E-state index contributed by atoms with van der Waals surface area (Å²) in [7, 11) is 0. The third-order valence-corrected chi connectivity index (χ3v) is 3.88. The van der Waals surface area contributed by atoms with E-state index in [2.05, 4.69) is 36.6 Å².